The van der Waals surface area contributed by atoms with Crippen LogP contribution >= 0.6 is 0 Å². The fourth-order valence-electron chi connectivity index (χ4n) is 2.74. The molecule has 15 heteroatoms. The molecule has 0 saturated carbocycles. The zero-order valence-corrected chi connectivity index (χ0v) is 18.3. The molecule has 2 heterocycles. The number of carbonyl (C=O) groups is 1. The standard InChI is InChI=1S/C19H16F3N3O8S/c1-3-31-18(27)13-14(33-34(28,29)19(20,21)22)12-15(23-10-24-16(12)30-2)25(17(13)26)32-9-11-7-5-4-6-8-11/h4-8,10H,3,9H2,1-2H3. The van der Waals surface area contributed by atoms with Gasteiger partial charge in [0.15, 0.2) is 17.0 Å². The summed E-state index contributed by atoms with van der Waals surface area (Å²) in [7, 11) is -5.27. The van der Waals surface area contributed by atoms with E-state index >= 15 is 0 Å². The van der Waals surface area contributed by atoms with Gasteiger partial charge in [-0.05, 0) is 12.5 Å². The van der Waals surface area contributed by atoms with Crippen LogP contribution in [0.4, 0.5) is 13.2 Å². The first-order valence-corrected chi connectivity index (χ1v) is 10.8. The van der Waals surface area contributed by atoms with E-state index in [0.29, 0.717) is 10.3 Å². The average Bonchev–Trinajstić information content (AvgIpc) is 2.78. The van der Waals surface area contributed by atoms with Gasteiger partial charge in [0.2, 0.25) is 5.88 Å². The van der Waals surface area contributed by atoms with Gasteiger partial charge >= 0.3 is 27.2 Å². The summed E-state index contributed by atoms with van der Waals surface area (Å²) in [4.78, 5) is 38.7. The van der Waals surface area contributed by atoms with Gasteiger partial charge in [-0.3, -0.25) is 4.79 Å². The molecule has 3 aromatic rings. The van der Waals surface area contributed by atoms with Crippen LogP contribution in [-0.2, 0) is 21.5 Å². The highest BCUT2D eigenvalue weighted by Crippen LogP contribution is 2.36. The molecule has 0 radical (unpaired) electrons. The van der Waals surface area contributed by atoms with Crippen molar-refractivity contribution in [2.75, 3.05) is 13.7 Å². The predicted molar refractivity (Wildman–Crippen MR) is 109 cm³/mol. The number of rotatable bonds is 8. The maximum atomic E-state index is 13.2. The van der Waals surface area contributed by atoms with Crippen molar-refractivity contribution in [3.63, 3.8) is 0 Å². The normalized spacial score (nSPS) is 11.8. The molecule has 3 rings (SSSR count). The summed E-state index contributed by atoms with van der Waals surface area (Å²) in [6.07, 6.45) is 0.884. The Kier molecular flexibility index (Phi) is 6.95. The molecular formula is C19H16F3N3O8S. The Bertz CT molecular complexity index is 1380. The second-order valence-corrected chi connectivity index (χ2v) is 7.89. The lowest BCUT2D eigenvalue weighted by Crippen LogP contribution is -2.35. The minimum atomic E-state index is -6.33. The highest BCUT2D eigenvalue weighted by Gasteiger charge is 2.50. The third-order valence-corrected chi connectivity index (χ3v) is 5.14. The van der Waals surface area contributed by atoms with E-state index in [1.165, 1.54) is 6.92 Å². The molecule has 2 aromatic heterocycles. The molecule has 0 atom stereocenters. The molecule has 0 fully saturated rings. The molecule has 0 bridgehead atoms. The fraction of sp³-hybridized carbons (Fsp3) is 0.263. The molecule has 0 unspecified atom stereocenters. The highest BCUT2D eigenvalue weighted by atomic mass is 32.2. The number of methoxy groups -OCH3 is 1. The molecule has 0 N–H and O–H groups in total. The summed E-state index contributed by atoms with van der Waals surface area (Å²) in [6, 6.07) is 8.42. The zero-order chi connectivity index (χ0) is 25.1. The van der Waals surface area contributed by atoms with Crippen LogP contribution in [0.15, 0.2) is 41.5 Å². The molecule has 0 spiro atoms. The summed E-state index contributed by atoms with van der Waals surface area (Å²) < 4.78 is 77.2. The van der Waals surface area contributed by atoms with Crippen LogP contribution in [0.5, 0.6) is 11.6 Å². The Labute approximate surface area is 189 Å². The van der Waals surface area contributed by atoms with Crippen molar-refractivity contribution in [2.24, 2.45) is 0 Å². The van der Waals surface area contributed by atoms with Crippen molar-refractivity contribution in [1.29, 1.82) is 0 Å². The van der Waals surface area contributed by atoms with Gasteiger partial charge < -0.3 is 18.5 Å². The molecule has 0 aliphatic rings. The lowest BCUT2D eigenvalue weighted by molar-refractivity contribution is -0.0500. The van der Waals surface area contributed by atoms with Gasteiger partial charge in [0.05, 0.1) is 13.7 Å². The number of benzene rings is 1. The quantitative estimate of drug-likeness (QED) is 0.254. The zero-order valence-electron chi connectivity index (χ0n) is 17.5. The van der Waals surface area contributed by atoms with Crippen LogP contribution in [0.2, 0.25) is 0 Å². The summed E-state index contributed by atoms with van der Waals surface area (Å²) in [5.41, 5.74) is -8.39. The molecule has 0 aliphatic carbocycles. The summed E-state index contributed by atoms with van der Waals surface area (Å²) in [5.74, 6) is -3.28. The number of esters is 1. The van der Waals surface area contributed by atoms with E-state index in [9.17, 15) is 31.2 Å². The van der Waals surface area contributed by atoms with E-state index in [-0.39, 0.29) is 13.2 Å². The van der Waals surface area contributed by atoms with Crippen LogP contribution < -0.4 is 19.3 Å². The first-order chi connectivity index (χ1) is 16.0. The average molecular weight is 503 g/mol. The Morgan fingerprint density at radius 2 is 1.82 bits per heavy atom. The second kappa shape index (κ2) is 9.54. The van der Waals surface area contributed by atoms with Gasteiger partial charge in [0.25, 0.3) is 0 Å². The van der Waals surface area contributed by atoms with E-state index < -0.39 is 55.4 Å². The first kappa shape index (κ1) is 24.8. The highest BCUT2D eigenvalue weighted by molar-refractivity contribution is 7.88. The molecule has 0 amide bonds. The number of halogens is 3. The van der Waals surface area contributed by atoms with Crippen LogP contribution in [0.1, 0.15) is 22.8 Å². The third-order valence-electron chi connectivity index (χ3n) is 4.19. The Morgan fingerprint density at radius 1 is 1.15 bits per heavy atom. The van der Waals surface area contributed by atoms with E-state index in [0.717, 1.165) is 13.4 Å². The lowest BCUT2D eigenvalue weighted by atomic mass is 10.2. The van der Waals surface area contributed by atoms with Crippen molar-refractivity contribution < 1.29 is 44.9 Å². The smallest absolute Gasteiger partial charge is 0.480 e. The Hall–Kier alpha value is -3.88. The van der Waals surface area contributed by atoms with E-state index in [4.69, 9.17) is 14.3 Å². The predicted octanol–water partition coefficient (Wildman–Crippen LogP) is 1.83. The number of aromatic nitrogens is 3. The molecule has 0 aliphatic heterocycles. The van der Waals surface area contributed by atoms with Crippen LogP contribution in [0.3, 0.4) is 0 Å². The van der Waals surface area contributed by atoms with Gasteiger partial charge in [-0.1, -0.05) is 30.3 Å². The topological polar surface area (TPSA) is 136 Å². The van der Waals surface area contributed by atoms with E-state index in [1.54, 1.807) is 30.3 Å². The summed E-state index contributed by atoms with van der Waals surface area (Å²) >= 11 is 0. The molecule has 182 valence electrons. The number of hydrogen-bond acceptors (Lipinski definition) is 10. The molecule has 1 aromatic carbocycles. The third kappa shape index (κ3) is 4.73. The minimum Gasteiger partial charge on any atom is -0.480 e. The molecule has 0 saturated heterocycles. The van der Waals surface area contributed by atoms with Gasteiger partial charge in [-0.25, -0.2) is 14.8 Å². The number of pyridine rings is 1. The van der Waals surface area contributed by atoms with Crippen molar-refractivity contribution in [2.45, 2.75) is 19.0 Å². The van der Waals surface area contributed by atoms with Crippen molar-refractivity contribution in [1.82, 2.24) is 14.7 Å². The van der Waals surface area contributed by atoms with E-state index in [1.807, 2.05) is 0 Å². The SMILES string of the molecule is CCOC(=O)c1c(OS(=O)(=O)C(F)(F)F)c2c(OC)ncnc2n(OCc2ccccc2)c1=O. The number of fused-ring (bicyclic) bond motifs is 1. The van der Waals surface area contributed by atoms with Gasteiger partial charge in [0, 0.05) is 0 Å². The van der Waals surface area contributed by atoms with Gasteiger partial charge in [-0.15, -0.1) is 4.73 Å². The van der Waals surface area contributed by atoms with Gasteiger partial charge in [-0.2, -0.15) is 21.6 Å². The minimum absolute atomic E-state index is 0.231. The summed E-state index contributed by atoms with van der Waals surface area (Å²) in [5, 5.41) is -0.645. The second-order valence-electron chi connectivity index (χ2n) is 6.35. The van der Waals surface area contributed by atoms with Gasteiger partial charge in [0.1, 0.15) is 18.3 Å². The number of alkyl halides is 3. The maximum Gasteiger partial charge on any atom is 0.534 e. The number of hydrogen-bond donors (Lipinski definition) is 0. The van der Waals surface area contributed by atoms with E-state index in [2.05, 4.69) is 14.2 Å². The molecule has 11 nitrogen and oxygen atoms in total. The van der Waals surface area contributed by atoms with Crippen molar-refractivity contribution in [3.8, 4) is 11.6 Å². The monoisotopic (exact) mass is 503 g/mol. The van der Waals surface area contributed by atoms with Crippen molar-refractivity contribution in [3.05, 3.63) is 58.1 Å². The Balaban J connectivity index is 2.35. The molecule has 34 heavy (non-hydrogen) atoms. The molecular weight excluding hydrogens is 487 g/mol. The van der Waals surface area contributed by atoms with Crippen LogP contribution in [-0.4, -0.2) is 48.3 Å². The van der Waals surface area contributed by atoms with Crippen LogP contribution in [0.25, 0.3) is 11.0 Å². The Morgan fingerprint density at radius 3 is 2.41 bits per heavy atom. The van der Waals surface area contributed by atoms with Crippen molar-refractivity contribution >= 4 is 27.1 Å². The lowest BCUT2D eigenvalue weighted by Gasteiger charge is -2.18. The fourth-order valence-corrected chi connectivity index (χ4v) is 3.23. The largest absolute Gasteiger partial charge is 0.534 e. The number of ether oxygens (including phenoxy) is 2. The number of nitrogens with zero attached hydrogens (tertiary/aromatic N) is 3. The first-order valence-electron chi connectivity index (χ1n) is 9.34. The summed E-state index contributed by atoms with van der Waals surface area (Å²) in [6.45, 7) is 0.834. The van der Waals surface area contributed by atoms with Crippen LogP contribution in [0, 0.1) is 0 Å². The maximum absolute atomic E-state index is 13.2. The number of carbonyl (C=O) groups excluding carboxylic acids is 1.